The molecule has 34 heavy (non-hydrogen) atoms. The number of ether oxygens (including phenoxy) is 2. The number of amides is 2. The number of alkyl carbamates (subject to hydrolysis) is 1. The summed E-state index contributed by atoms with van der Waals surface area (Å²) in [5.41, 5.74) is 4.16. The van der Waals surface area contributed by atoms with Gasteiger partial charge in [0.1, 0.15) is 12.6 Å². The summed E-state index contributed by atoms with van der Waals surface area (Å²) in [5, 5.41) is 11.5. The van der Waals surface area contributed by atoms with Gasteiger partial charge in [0.05, 0.1) is 6.61 Å². The number of carboxylic acids is 1. The van der Waals surface area contributed by atoms with E-state index in [0.29, 0.717) is 0 Å². The number of likely N-dealkylation sites (N-methyl/N-ethyl adjacent to an activating group) is 1. The molecule has 2 unspecified atom stereocenters. The molecule has 2 atom stereocenters. The summed E-state index contributed by atoms with van der Waals surface area (Å²) in [5.74, 6) is -3.31. The standard InChI is InChI=1S/C25H28N2O7/c1-4-27(15(3)23(29)30)22(28)21(24(31)33-5-2)26-25(32)34-14-20-18-12-8-6-10-16(18)17-11-7-9-13-19(17)20/h6-13,15,20-21H,4-5,14H2,1-3H3,(H,26,32)(H,29,30). The fraction of sp³-hybridized carbons (Fsp3) is 0.360. The molecule has 3 rings (SSSR count). The summed E-state index contributed by atoms with van der Waals surface area (Å²) in [6.07, 6.45) is -0.979. The molecule has 1 aliphatic rings. The molecule has 2 N–H and O–H groups in total. The number of nitrogens with zero attached hydrogens (tertiary/aromatic N) is 1. The molecule has 0 aliphatic heterocycles. The van der Waals surface area contributed by atoms with E-state index in [1.54, 1.807) is 13.8 Å². The van der Waals surface area contributed by atoms with Gasteiger partial charge in [-0.15, -0.1) is 0 Å². The first-order chi connectivity index (χ1) is 16.3. The van der Waals surface area contributed by atoms with Crippen molar-refractivity contribution in [2.75, 3.05) is 19.8 Å². The van der Waals surface area contributed by atoms with Gasteiger partial charge in [-0.1, -0.05) is 48.5 Å². The molecule has 2 amide bonds. The van der Waals surface area contributed by atoms with E-state index in [1.165, 1.54) is 6.92 Å². The number of aliphatic carboxylic acids is 1. The summed E-state index contributed by atoms with van der Waals surface area (Å²) < 4.78 is 10.4. The summed E-state index contributed by atoms with van der Waals surface area (Å²) in [6.45, 7) is 4.45. The number of hydrogen-bond donors (Lipinski definition) is 2. The van der Waals surface area contributed by atoms with Crippen LogP contribution in [0.3, 0.4) is 0 Å². The number of benzene rings is 2. The van der Waals surface area contributed by atoms with Crippen LogP contribution in [0.2, 0.25) is 0 Å². The van der Waals surface area contributed by atoms with E-state index < -0.39 is 36.0 Å². The van der Waals surface area contributed by atoms with Gasteiger partial charge in [0.25, 0.3) is 5.91 Å². The van der Waals surface area contributed by atoms with Crippen LogP contribution >= 0.6 is 0 Å². The van der Waals surface area contributed by atoms with E-state index in [0.717, 1.165) is 27.2 Å². The van der Waals surface area contributed by atoms with Crippen LogP contribution in [-0.4, -0.2) is 65.8 Å². The fourth-order valence-corrected chi connectivity index (χ4v) is 4.12. The Hall–Kier alpha value is -3.88. The van der Waals surface area contributed by atoms with Crippen molar-refractivity contribution in [3.8, 4) is 11.1 Å². The quantitative estimate of drug-likeness (QED) is 0.429. The maximum absolute atomic E-state index is 13.0. The van der Waals surface area contributed by atoms with Gasteiger partial charge in [0, 0.05) is 12.5 Å². The third-order valence-electron chi connectivity index (χ3n) is 5.82. The van der Waals surface area contributed by atoms with Gasteiger partial charge in [0.15, 0.2) is 0 Å². The van der Waals surface area contributed by atoms with Gasteiger partial charge in [0.2, 0.25) is 6.04 Å². The van der Waals surface area contributed by atoms with Crippen molar-refractivity contribution in [1.29, 1.82) is 0 Å². The van der Waals surface area contributed by atoms with Gasteiger partial charge >= 0.3 is 18.0 Å². The lowest BCUT2D eigenvalue weighted by atomic mass is 9.98. The Morgan fingerprint density at radius 3 is 2.03 bits per heavy atom. The van der Waals surface area contributed by atoms with Crippen LogP contribution in [0.25, 0.3) is 11.1 Å². The van der Waals surface area contributed by atoms with Crippen molar-refractivity contribution in [3.05, 3.63) is 59.7 Å². The van der Waals surface area contributed by atoms with E-state index in [2.05, 4.69) is 5.32 Å². The topological polar surface area (TPSA) is 122 Å². The fourth-order valence-electron chi connectivity index (χ4n) is 4.12. The Morgan fingerprint density at radius 1 is 0.971 bits per heavy atom. The molecular formula is C25H28N2O7. The molecule has 2 aromatic carbocycles. The van der Waals surface area contributed by atoms with E-state index in [1.807, 2.05) is 48.5 Å². The van der Waals surface area contributed by atoms with E-state index in [4.69, 9.17) is 9.47 Å². The largest absolute Gasteiger partial charge is 0.480 e. The van der Waals surface area contributed by atoms with E-state index >= 15 is 0 Å². The first kappa shape index (κ1) is 24.8. The number of esters is 1. The highest BCUT2D eigenvalue weighted by molar-refractivity contribution is 6.05. The molecule has 0 fully saturated rings. The summed E-state index contributed by atoms with van der Waals surface area (Å²) in [6, 6.07) is 12.7. The monoisotopic (exact) mass is 468 g/mol. The van der Waals surface area contributed by atoms with E-state index in [-0.39, 0.29) is 25.7 Å². The maximum atomic E-state index is 13.0. The van der Waals surface area contributed by atoms with Crippen LogP contribution in [0.15, 0.2) is 48.5 Å². The molecule has 9 nitrogen and oxygen atoms in total. The van der Waals surface area contributed by atoms with Crippen LogP contribution in [0.1, 0.15) is 37.8 Å². The zero-order valence-corrected chi connectivity index (χ0v) is 19.3. The van der Waals surface area contributed by atoms with Crippen molar-refractivity contribution >= 4 is 23.9 Å². The van der Waals surface area contributed by atoms with Gasteiger partial charge in [-0.05, 0) is 43.0 Å². The molecule has 0 spiro atoms. The minimum atomic E-state index is -1.72. The maximum Gasteiger partial charge on any atom is 0.408 e. The van der Waals surface area contributed by atoms with Crippen LogP contribution in [0.5, 0.6) is 0 Å². The lowest BCUT2D eigenvalue weighted by molar-refractivity contribution is -0.157. The first-order valence-corrected chi connectivity index (χ1v) is 11.1. The van der Waals surface area contributed by atoms with Crippen LogP contribution < -0.4 is 5.32 Å². The van der Waals surface area contributed by atoms with Crippen LogP contribution in [0, 0.1) is 0 Å². The molecular weight excluding hydrogens is 440 g/mol. The van der Waals surface area contributed by atoms with Crippen molar-refractivity contribution < 1.29 is 33.8 Å². The lowest BCUT2D eigenvalue weighted by Crippen LogP contribution is -2.56. The van der Waals surface area contributed by atoms with Gasteiger partial charge in [-0.25, -0.2) is 14.4 Å². The SMILES string of the molecule is CCOC(=O)C(NC(=O)OCC1c2ccccc2-c2ccccc21)C(=O)N(CC)C(C)C(=O)O. The van der Waals surface area contributed by atoms with Gasteiger partial charge in [-0.2, -0.15) is 0 Å². The number of nitrogens with one attached hydrogen (secondary N) is 1. The van der Waals surface area contributed by atoms with Gasteiger partial charge < -0.3 is 19.5 Å². The summed E-state index contributed by atoms with van der Waals surface area (Å²) in [7, 11) is 0. The average molecular weight is 469 g/mol. The second-order valence-corrected chi connectivity index (χ2v) is 7.79. The van der Waals surface area contributed by atoms with Crippen molar-refractivity contribution in [2.45, 2.75) is 38.8 Å². The Morgan fingerprint density at radius 2 is 1.53 bits per heavy atom. The molecule has 0 heterocycles. The number of carboxylic acid groups (broad SMARTS) is 1. The predicted molar refractivity (Wildman–Crippen MR) is 123 cm³/mol. The number of carbonyl (C=O) groups excluding carboxylic acids is 3. The normalized spacial score (nSPS) is 13.7. The molecule has 2 aromatic rings. The number of carbonyl (C=O) groups is 4. The minimum absolute atomic E-state index is 0.00732. The van der Waals surface area contributed by atoms with E-state index in [9.17, 15) is 24.3 Å². The average Bonchev–Trinajstić information content (AvgIpc) is 3.15. The highest BCUT2D eigenvalue weighted by Gasteiger charge is 2.37. The Bertz CT molecular complexity index is 1040. The molecule has 0 bridgehead atoms. The lowest BCUT2D eigenvalue weighted by Gasteiger charge is -2.28. The summed E-state index contributed by atoms with van der Waals surface area (Å²) >= 11 is 0. The third-order valence-corrected chi connectivity index (χ3v) is 5.82. The van der Waals surface area contributed by atoms with Crippen molar-refractivity contribution in [1.82, 2.24) is 10.2 Å². The zero-order chi connectivity index (χ0) is 24.8. The number of hydrogen-bond acceptors (Lipinski definition) is 6. The second-order valence-electron chi connectivity index (χ2n) is 7.79. The molecule has 0 saturated carbocycles. The Labute approximate surface area is 197 Å². The second kappa shape index (κ2) is 10.8. The van der Waals surface area contributed by atoms with Crippen molar-refractivity contribution in [3.63, 3.8) is 0 Å². The molecule has 9 heteroatoms. The number of fused-ring (bicyclic) bond motifs is 3. The molecule has 0 radical (unpaired) electrons. The number of rotatable bonds is 9. The van der Waals surface area contributed by atoms with Gasteiger partial charge in [-0.3, -0.25) is 10.1 Å². The van der Waals surface area contributed by atoms with Crippen LogP contribution in [-0.2, 0) is 23.9 Å². The third kappa shape index (κ3) is 5.03. The summed E-state index contributed by atoms with van der Waals surface area (Å²) in [4.78, 5) is 50.4. The smallest absolute Gasteiger partial charge is 0.408 e. The minimum Gasteiger partial charge on any atom is -0.480 e. The highest BCUT2D eigenvalue weighted by Crippen LogP contribution is 2.44. The Balaban J connectivity index is 1.75. The first-order valence-electron chi connectivity index (χ1n) is 11.1. The zero-order valence-electron chi connectivity index (χ0n) is 19.3. The molecule has 0 aromatic heterocycles. The molecule has 180 valence electrons. The van der Waals surface area contributed by atoms with Crippen LogP contribution in [0.4, 0.5) is 4.79 Å². The molecule has 1 aliphatic carbocycles. The van der Waals surface area contributed by atoms with Crippen molar-refractivity contribution in [2.24, 2.45) is 0 Å². The molecule has 0 saturated heterocycles. The predicted octanol–water partition coefficient (Wildman–Crippen LogP) is 2.78. The highest BCUT2D eigenvalue weighted by atomic mass is 16.6. The Kier molecular flexibility index (Phi) is 7.88.